The summed E-state index contributed by atoms with van der Waals surface area (Å²) in [6.07, 6.45) is 4.63. The summed E-state index contributed by atoms with van der Waals surface area (Å²) in [7, 11) is 0. The van der Waals surface area contributed by atoms with Gasteiger partial charge in [0, 0.05) is 23.9 Å². The number of benzene rings is 2. The van der Waals surface area contributed by atoms with E-state index in [-0.39, 0.29) is 5.69 Å². The van der Waals surface area contributed by atoms with E-state index < -0.39 is 4.92 Å². The summed E-state index contributed by atoms with van der Waals surface area (Å²) in [5.41, 5.74) is 2.34. The van der Waals surface area contributed by atoms with Gasteiger partial charge in [-0.2, -0.15) is 5.10 Å². The minimum absolute atomic E-state index is 0.0198. The van der Waals surface area contributed by atoms with Crippen LogP contribution in [0.1, 0.15) is 5.56 Å². The molecule has 0 saturated carbocycles. The summed E-state index contributed by atoms with van der Waals surface area (Å²) in [5, 5.41) is 16.4. The highest BCUT2D eigenvalue weighted by atomic mass is 32.1. The molecule has 9 heteroatoms. The average Bonchev–Trinajstić information content (AvgIpc) is 3.37. The molecule has 0 aliphatic carbocycles. The molecule has 2 heterocycles. The average molecular weight is 376 g/mol. The Morgan fingerprint density at radius 3 is 2.74 bits per heavy atom. The maximum Gasteiger partial charge on any atom is 0.270 e. The van der Waals surface area contributed by atoms with Gasteiger partial charge in [0.1, 0.15) is 23.3 Å². The predicted octanol–water partition coefficient (Wildman–Crippen LogP) is 4.05. The van der Waals surface area contributed by atoms with Crippen LogP contribution in [-0.2, 0) is 0 Å². The highest BCUT2D eigenvalue weighted by molar-refractivity contribution is 7.18. The Morgan fingerprint density at radius 2 is 2.00 bits per heavy atom. The molecule has 0 radical (unpaired) electrons. The van der Waals surface area contributed by atoms with Crippen molar-refractivity contribution in [2.24, 2.45) is 4.99 Å². The molecule has 2 aromatic carbocycles. The van der Waals surface area contributed by atoms with Crippen molar-refractivity contribution in [1.82, 2.24) is 19.7 Å². The number of hydrogen-bond acceptors (Lipinski definition) is 7. The molecule has 0 spiro atoms. The van der Waals surface area contributed by atoms with Crippen LogP contribution in [0, 0.1) is 10.1 Å². The third-order valence-corrected chi connectivity index (χ3v) is 4.63. The minimum atomic E-state index is -0.433. The van der Waals surface area contributed by atoms with E-state index in [1.165, 1.54) is 29.8 Å². The van der Waals surface area contributed by atoms with Gasteiger partial charge in [-0.3, -0.25) is 10.1 Å². The van der Waals surface area contributed by atoms with Gasteiger partial charge in [-0.15, -0.1) is 0 Å². The second-order valence-electron chi connectivity index (χ2n) is 5.47. The molecule has 0 unspecified atom stereocenters. The van der Waals surface area contributed by atoms with Crippen LogP contribution in [0.15, 0.2) is 72.2 Å². The molecular weight excluding hydrogens is 364 g/mol. The van der Waals surface area contributed by atoms with Crippen LogP contribution in [-0.4, -0.2) is 30.9 Å². The van der Waals surface area contributed by atoms with Crippen LogP contribution in [0.25, 0.3) is 16.3 Å². The maximum atomic E-state index is 10.9. The van der Waals surface area contributed by atoms with E-state index in [1.54, 1.807) is 29.4 Å². The summed E-state index contributed by atoms with van der Waals surface area (Å²) in [6, 6.07) is 16.0. The Balaban J connectivity index is 1.72. The first-order chi connectivity index (χ1) is 13.2. The third-order valence-electron chi connectivity index (χ3n) is 3.68. The lowest BCUT2D eigenvalue weighted by molar-refractivity contribution is -0.384. The quantitative estimate of drug-likeness (QED) is 0.297. The topological polar surface area (TPSA) is 99.1 Å². The molecule has 0 fully saturated rings. The summed E-state index contributed by atoms with van der Waals surface area (Å²) < 4.78 is 1.65. The van der Waals surface area contributed by atoms with E-state index in [1.807, 2.05) is 30.3 Å². The zero-order valence-corrected chi connectivity index (χ0v) is 14.7. The van der Waals surface area contributed by atoms with Gasteiger partial charge >= 0.3 is 0 Å². The van der Waals surface area contributed by atoms with Crippen molar-refractivity contribution in [1.29, 1.82) is 0 Å². The fraction of sp³-hybridized carbons (Fsp3) is 0. The molecule has 8 nitrogen and oxygen atoms in total. The van der Waals surface area contributed by atoms with Crippen molar-refractivity contribution >= 4 is 28.4 Å². The van der Waals surface area contributed by atoms with Crippen LogP contribution in [0.2, 0.25) is 0 Å². The Morgan fingerprint density at radius 1 is 1.15 bits per heavy atom. The molecule has 0 amide bonds. The number of aromatic nitrogens is 4. The number of hydrogen-bond donors (Lipinski definition) is 0. The Hall–Kier alpha value is -3.72. The predicted molar refractivity (Wildman–Crippen MR) is 103 cm³/mol. The van der Waals surface area contributed by atoms with Crippen LogP contribution in [0.4, 0.5) is 10.8 Å². The minimum Gasteiger partial charge on any atom is -0.258 e. The molecule has 0 bridgehead atoms. The first kappa shape index (κ1) is 16.7. The number of non-ortho nitro benzene ring substituents is 1. The Bertz CT molecular complexity index is 1110. The molecule has 0 N–H and O–H groups in total. The number of thiazole rings is 1. The fourth-order valence-corrected chi connectivity index (χ4v) is 3.32. The van der Waals surface area contributed by atoms with E-state index >= 15 is 0 Å². The smallest absolute Gasteiger partial charge is 0.258 e. The van der Waals surface area contributed by atoms with Gasteiger partial charge in [0.25, 0.3) is 5.69 Å². The maximum absolute atomic E-state index is 10.9. The molecule has 4 aromatic rings. The molecule has 0 atom stereocenters. The molecule has 4 rings (SSSR count). The third kappa shape index (κ3) is 3.62. The van der Waals surface area contributed by atoms with E-state index in [2.05, 4.69) is 20.1 Å². The van der Waals surface area contributed by atoms with Gasteiger partial charge < -0.3 is 0 Å². The summed E-state index contributed by atoms with van der Waals surface area (Å²) >= 11 is 1.36. The largest absolute Gasteiger partial charge is 0.270 e. The Kier molecular flexibility index (Phi) is 4.50. The lowest BCUT2D eigenvalue weighted by atomic mass is 10.2. The van der Waals surface area contributed by atoms with Crippen molar-refractivity contribution in [3.8, 4) is 16.3 Å². The normalized spacial score (nSPS) is 11.1. The van der Waals surface area contributed by atoms with Gasteiger partial charge in [0.15, 0.2) is 0 Å². The fourth-order valence-electron chi connectivity index (χ4n) is 2.46. The monoisotopic (exact) mass is 376 g/mol. The number of aliphatic imine (C=N–C) groups is 1. The standard InChI is InChI=1S/C18H12N6O2S/c25-24(26)15-8-4-5-13(9-15)10-20-18-22-16(14-6-2-1-3-7-14)17(27-18)23-12-19-11-21-23/h1-12H. The van der Waals surface area contributed by atoms with E-state index in [0.717, 1.165) is 16.3 Å². The lowest BCUT2D eigenvalue weighted by Crippen LogP contribution is -1.93. The van der Waals surface area contributed by atoms with Crippen molar-refractivity contribution in [3.05, 3.63) is 82.9 Å². The molecule has 0 aliphatic rings. The number of nitrogens with zero attached hydrogens (tertiary/aromatic N) is 6. The molecule has 2 aromatic heterocycles. The van der Waals surface area contributed by atoms with Crippen molar-refractivity contribution in [3.63, 3.8) is 0 Å². The number of nitro groups is 1. The van der Waals surface area contributed by atoms with Crippen LogP contribution < -0.4 is 0 Å². The lowest BCUT2D eigenvalue weighted by Gasteiger charge is -2.00. The van der Waals surface area contributed by atoms with Gasteiger partial charge in [0.05, 0.1) is 4.92 Å². The Labute approximate surface area is 157 Å². The zero-order chi connectivity index (χ0) is 18.6. The molecule has 27 heavy (non-hydrogen) atoms. The van der Waals surface area contributed by atoms with Crippen LogP contribution in [0.3, 0.4) is 0 Å². The highest BCUT2D eigenvalue weighted by Crippen LogP contribution is 2.35. The zero-order valence-electron chi connectivity index (χ0n) is 13.8. The first-order valence-electron chi connectivity index (χ1n) is 7.90. The van der Waals surface area contributed by atoms with E-state index in [0.29, 0.717) is 10.7 Å². The van der Waals surface area contributed by atoms with Gasteiger partial charge in [-0.25, -0.2) is 19.6 Å². The van der Waals surface area contributed by atoms with Crippen molar-refractivity contribution in [2.75, 3.05) is 0 Å². The molecule has 0 aliphatic heterocycles. The van der Waals surface area contributed by atoms with Gasteiger partial charge in [-0.05, 0) is 5.56 Å². The molecular formula is C18H12N6O2S. The van der Waals surface area contributed by atoms with Crippen LogP contribution in [0.5, 0.6) is 0 Å². The number of rotatable bonds is 5. The van der Waals surface area contributed by atoms with Gasteiger partial charge in [0.2, 0.25) is 5.13 Å². The first-order valence-corrected chi connectivity index (χ1v) is 8.72. The molecule has 132 valence electrons. The molecule has 0 saturated heterocycles. The van der Waals surface area contributed by atoms with Crippen molar-refractivity contribution < 1.29 is 4.92 Å². The van der Waals surface area contributed by atoms with Crippen molar-refractivity contribution in [2.45, 2.75) is 0 Å². The SMILES string of the molecule is O=[N+]([O-])c1cccc(C=Nc2nc(-c3ccccc3)c(-n3cncn3)s2)c1. The highest BCUT2D eigenvalue weighted by Gasteiger charge is 2.15. The second-order valence-corrected chi connectivity index (χ2v) is 6.42. The van der Waals surface area contributed by atoms with E-state index in [4.69, 9.17) is 0 Å². The summed E-state index contributed by atoms with van der Waals surface area (Å²) in [4.78, 5) is 23.5. The summed E-state index contributed by atoms with van der Waals surface area (Å²) in [6.45, 7) is 0. The number of nitro benzene ring substituents is 1. The van der Waals surface area contributed by atoms with E-state index in [9.17, 15) is 10.1 Å². The summed E-state index contributed by atoms with van der Waals surface area (Å²) in [5.74, 6) is 0. The second kappa shape index (κ2) is 7.26. The van der Waals surface area contributed by atoms with Gasteiger partial charge in [-0.1, -0.05) is 53.8 Å². The van der Waals surface area contributed by atoms with Crippen LogP contribution >= 0.6 is 11.3 Å².